The van der Waals surface area contributed by atoms with Gasteiger partial charge in [0.1, 0.15) is 17.1 Å². The van der Waals surface area contributed by atoms with Crippen molar-refractivity contribution in [2.75, 3.05) is 20.0 Å². The second-order valence-electron chi connectivity index (χ2n) is 6.16. The first-order valence-electron chi connectivity index (χ1n) is 8.27. The van der Waals surface area contributed by atoms with E-state index in [1.54, 1.807) is 26.4 Å². The summed E-state index contributed by atoms with van der Waals surface area (Å²) < 4.78 is 23.2. The van der Waals surface area contributed by atoms with Crippen LogP contribution in [-0.4, -0.2) is 34.9 Å². The molecule has 0 aliphatic carbocycles. The van der Waals surface area contributed by atoms with Crippen LogP contribution in [-0.2, 0) is 17.2 Å². The third-order valence-electron chi connectivity index (χ3n) is 4.22. The number of terminal acetylenes is 1. The average molecular weight is 372 g/mol. The lowest BCUT2D eigenvalue weighted by Crippen LogP contribution is -2.34. The van der Waals surface area contributed by atoms with Crippen molar-refractivity contribution in [1.82, 2.24) is 0 Å². The maximum Gasteiger partial charge on any atom is 0.137 e. The monoisotopic (exact) mass is 372 g/mol. The van der Waals surface area contributed by atoms with Gasteiger partial charge in [0, 0.05) is 4.90 Å². The molecule has 0 heterocycles. The quantitative estimate of drug-likeness (QED) is 0.724. The van der Waals surface area contributed by atoms with Crippen molar-refractivity contribution < 1.29 is 18.8 Å². The average Bonchev–Trinajstić information content (AvgIpc) is 2.66. The fourth-order valence-corrected chi connectivity index (χ4v) is 3.86. The Kier molecular flexibility index (Phi) is 6.84. The van der Waals surface area contributed by atoms with Gasteiger partial charge in [-0.1, -0.05) is 23.6 Å². The highest BCUT2D eigenvalue weighted by molar-refractivity contribution is 7.85. The van der Waals surface area contributed by atoms with Crippen LogP contribution in [0, 0.1) is 19.3 Å². The molecule has 0 fully saturated rings. The van der Waals surface area contributed by atoms with Crippen molar-refractivity contribution in [3.8, 4) is 23.8 Å². The highest BCUT2D eigenvalue weighted by Crippen LogP contribution is 2.27. The second-order valence-corrected chi connectivity index (χ2v) is 7.61. The highest BCUT2D eigenvalue weighted by atomic mass is 32.2. The molecule has 0 saturated heterocycles. The first-order valence-corrected chi connectivity index (χ1v) is 9.59. The summed E-state index contributed by atoms with van der Waals surface area (Å²) in [5.74, 6) is 3.80. The van der Waals surface area contributed by atoms with E-state index in [0.717, 1.165) is 11.1 Å². The summed E-state index contributed by atoms with van der Waals surface area (Å²) in [6, 6.07) is 12.9. The van der Waals surface area contributed by atoms with Crippen LogP contribution in [0.2, 0.25) is 0 Å². The molecule has 2 atom stereocenters. The number of rotatable bonds is 8. The molecule has 0 aliphatic rings. The topological polar surface area (TPSA) is 55.8 Å². The minimum absolute atomic E-state index is 0.0150. The van der Waals surface area contributed by atoms with Gasteiger partial charge >= 0.3 is 0 Å². The third kappa shape index (κ3) is 5.10. The van der Waals surface area contributed by atoms with Crippen LogP contribution < -0.4 is 9.47 Å². The molecule has 0 radical (unpaired) electrons. The van der Waals surface area contributed by atoms with Crippen molar-refractivity contribution in [2.45, 2.75) is 30.3 Å². The van der Waals surface area contributed by atoms with E-state index in [-0.39, 0.29) is 12.2 Å². The molecular formula is C21H24O4S. The van der Waals surface area contributed by atoms with Crippen molar-refractivity contribution >= 4 is 10.8 Å². The zero-order valence-electron chi connectivity index (χ0n) is 15.3. The number of methoxy groups -OCH3 is 2. The highest BCUT2D eigenvalue weighted by Gasteiger charge is 2.28. The molecule has 1 unspecified atom stereocenters. The summed E-state index contributed by atoms with van der Waals surface area (Å²) in [4.78, 5) is 0.656. The van der Waals surface area contributed by atoms with Crippen molar-refractivity contribution in [2.24, 2.45) is 0 Å². The van der Waals surface area contributed by atoms with Crippen LogP contribution in [0.3, 0.4) is 0 Å². The van der Waals surface area contributed by atoms with Crippen molar-refractivity contribution in [1.29, 1.82) is 0 Å². The molecule has 0 amide bonds. The third-order valence-corrected chi connectivity index (χ3v) is 5.76. The number of ether oxygens (including phenoxy) is 2. The van der Waals surface area contributed by atoms with Crippen molar-refractivity contribution in [3.63, 3.8) is 0 Å². The van der Waals surface area contributed by atoms with Crippen LogP contribution in [0.5, 0.6) is 11.5 Å². The summed E-state index contributed by atoms with van der Waals surface area (Å²) in [7, 11) is 1.80. The smallest absolute Gasteiger partial charge is 0.137 e. The molecule has 2 aromatic rings. The van der Waals surface area contributed by atoms with Crippen LogP contribution >= 0.6 is 0 Å². The van der Waals surface area contributed by atoms with Gasteiger partial charge in [-0.25, -0.2) is 0 Å². The van der Waals surface area contributed by atoms with E-state index in [0.29, 0.717) is 22.8 Å². The van der Waals surface area contributed by atoms with Gasteiger partial charge in [0.25, 0.3) is 0 Å². The number of hydrogen-bond donors (Lipinski definition) is 1. The summed E-state index contributed by atoms with van der Waals surface area (Å²) in [6.45, 7) is 1.96. The van der Waals surface area contributed by atoms with Gasteiger partial charge in [-0.3, -0.25) is 4.21 Å². The normalized spacial score (nSPS) is 14.1. The summed E-state index contributed by atoms with van der Waals surface area (Å²) in [6.07, 6.45) is 6.30. The molecule has 2 aromatic carbocycles. The van der Waals surface area contributed by atoms with E-state index in [4.69, 9.17) is 15.9 Å². The maximum absolute atomic E-state index is 12.6. The lowest BCUT2D eigenvalue weighted by molar-refractivity contribution is 0.116. The Morgan fingerprint density at radius 1 is 1.15 bits per heavy atom. The van der Waals surface area contributed by atoms with Gasteiger partial charge in [0.05, 0.1) is 30.8 Å². The predicted molar refractivity (Wildman–Crippen MR) is 104 cm³/mol. The van der Waals surface area contributed by atoms with E-state index in [1.807, 2.05) is 37.3 Å². The molecule has 1 N–H and O–H groups in total. The van der Waals surface area contributed by atoms with Gasteiger partial charge in [-0.15, -0.1) is 6.42 Å². The van der Waals surface area contributed by atoms with E-state index in [2.05, 4.69) is 5.92 Å². The summed E-state index contributed by atoms with van der Waals surface area (Å²) >= 11 is 0. The maximum atomic E-state index is 12.6. The van der Waals surface area contributed by atoms with Crippen LogP contribution in [0.1, 0.15) is 17.5 Å². The minimum atomic E-state index is -1.47. The molecule has 0 saturated carbocycles. The lowest BCUT2D eigenvalue weighted by Gasteiger charge is -2.22. The Bertz CT molecular complexity index is 808. The fourth-order valence-electron chi connectivity index (χ4n) is 2.60. The van der Waals surface area contributed by atoms with E-state index in [9.17, 15) is 9.32 Å². The molecule has 4 nitrogen and oxygen atoms in total. The van der Waals surface area contributed by atoms with E-state index < -0.39 is 16.4 Å². The second kappa shape index (κ2) is 8.88. The molecule has 138 valence electrons. The van der Waals surface area contributed by atoms with Gasteiger partial charge < -0.3 is 14.6 Å². The van der Waals surface area contributed by atoms with E-state index in [1.165, 1.54) is 0 Å². The zero-order chi connectivity index (χ0) is 19.2. The van der Waals surface area contributed by atoms with Gasteiger partial charge in [-0.2, -0.15) is 0 Å². The number of benzene rings is 2. The molecular weight excluding hydrogens is 348 g/mol. The molecule has 0 spiro atoms. The largest absolute Gasteiger partial charge is 0.497 e. The summed E-state index contributed by atoms with van der Waals surface area (Å²) in [5, 5.41) is 10.8. The van der Waals surface area contributed by atoms with Gasteiger partial charge in [0.15, 0.2) is 0 Å². The SMILES string of the molecule is C#C[C@@](O)(CCc1cc(OC)ccc1OC)CS(=O)c1ccc(C)cc1. The van der Waals surface area contributed by atoms with Gasteiger partial charge in [-0.05, 0) is 55.7 Å². The Balaban J connectivity index is 2.11. The van der Waals surface area contributed by atoms with E-state index >= 15 is 0 Å². The zero-order valence-corrected chi connectivity index (χ0v) is 16.1. The number of aryl methyl sites for hydroxylation is 2. The molecule has 0 aromatic heterocycles. The Morgan fingerprint density at radius 2 is 1.85 bits per heavy atom. The lowest BCUT2D eigenvalue weighted by atomic mass is 9.97. The van der Waals surface area contributed by atoms with Crippen LogP contribution in [0.25, 0.3) is 0 Å². The molecule has 0 aliphatic heterocycles. The molecule has 26 heavy (non-hydrogen) atoms. The first-order chi connectivity index (χ1) is 12.4. The van der Waals surface area contributed by atoms with Gasteiger partial charge in [0.2, 0.25) is 0 Å². The molecule has 5 heteroatoms. The Hall–Kier alpha value is -2.29. The molecule has 0 bridgehead atoms. The molecule has 2 rings (SSSR count). The van der Waals surface area contributed by atoms with Crippen LogP contribution in [0.4, 0.5) is 0 Å². The Morgan fingerprint density at radius 3 is 2.42 bits per heavy atom. The summed E-state index contributed by atoms with van der Waals surface area (Å²) in [5.41, 5.74) is 0.494. The first kappa shape index (κ1) is 20.0. The fraction of sp³-hybridized carbons (Fsp3) is 0.333. The number of aliphatic hydroxyl groups is 1. The predicted octanol–water partition coefficient (Wildman–Crippen LogP) is 3.12. The Labute approximate surface area is 157 Å². The van der Waals surface area contributed by atoms with Crippen LogP contribution in [0.15, 0.2) is 47.4 Å². The van der Waals surface area contributed by atoms with Crippen molar-refractivity contribution in [3.05, 3.63) is 53.6 Å². The minimum Gasteiger partial charge on any atom is -0.497 e. The standard InChI is InChI=1S/C21H24O4S/c1-5-21(22,15-26(23)19-9-6-16(2)7-10-19)13-12-17-14-18(24-3)8-11-20(17)25-4/h1,6-11,14,22H,12-13,15H2,2-4H3/t21-,26?/m1/s1. The number of hydrogen-bond acceptors (Lipinski definition) is 4.